The molecular formula is C7H2F2INS. The van der Waals surface area contributed by atoms with Crippen LogP contribution in [-0.2, 0) is 0 Å². The van der Waals surface area contributed by atoms with E-state index in [1.165, 1.54) is 22.9 Å². The number of nitrogens with zero attached hydrogens (tertiary/aromatic N) is 1. The highest BCUT2D eigenvalue weighted by Crippen LogP contribution is 2.27. The molecule has 0 aliphatic heterocycles. The lowest BCUT2D eigenvalue weighted by Gasteiger charge is -1.96. The summed E-state index contributed by atoms with van der Waals surface area (Å²) in [5, 5.41) is 0. The molecule has 0 N–H and O–H groups in total. The van der Waals surface area contributed by atoms with Crippen molar-refractivity contribution in [1.82, 2.24) is 4.98 Å². The molecule has 62 valence electrons. The largest absolute Gasteiger partial charge is 0.244 e. The van der Waals surface area contributed by atoms with Crippen LogP contribution >= 0.6 is 33.9 Å². The number of hydrogen-bond acceptors (Lipinski definition) is 2. The van der Waals surface area contributed by atoms with Crippen LogP contribution < -0.4 is 0 Å². The number of halogens is 3. The molecule has 0 bridgehead atoms. The summed E-state index contributed by atoms with van der Waals surface area (Å²) in [6, 6.07) is 1.25. The Morgan fingerprint density at radius 1 is 1.42 bits per heavy atom. The van der Waals surface area contributed by atoms with E-state index in [-0.39, 0.29) is 3.57 Å². The smallest absolute Gasteiger partial charge is 0.158 e. The van der Waals surface area contributed by atoms with Gasteiger partial charge >= 0.3 is 0 Å². The first kappa shape index (κ1) is 8.31. The third kappa shape index (κ3) is 1.11. The van der Waals surface area contributed by atoms with Crippen molar-refractivity contribution in [2.45, 2.75) is 0 Å². The van der Waals surface area contributed by atoms with Crippen molar-refractivity contribution in [2.24, 2.45) is 0 Å². The summed E-state index contributed by atoms with van der Waals surface area (Å²) in [7, 11) is 0. The molecule has 2 rings (SSSR count). The molecule has 0 saturated heterocycles. The van der Waals surface area contributed by atoms with Crippen molar-refractivity contribution in [3.63, 3.8) is 0 Å². The maximum Gasteiger partial charge on any atom is 0.158 e. The van der Waals surface area contributed by atoms with Gasteiger partial charge in [0.05, 0.1) is 19.3 Å². The van der Waals surface area contributed by atoms with Gasteiger partial charge in [-0.3, -0.25) is 0 Å². The van der Waals surface area contributed by atoms with Gasteiger partial charge in [0.25, 0.3) is 0 Å². The molecule has 0 saturated carbocycles. The summed E-state index contributed by atoms with van der Waals surface area (Å²) >= 11 is 2.82. The molecule has 0 fully saturated rings. The van der Waals surface area contributed by atoms with Gasteiger partial charge in [-0.1, -0.05) is 0 Å². The minimum atomic E-state index is -0.550. The Labute approximate surface area is 84.6 Å². The zero-order valence-corrected chi connectivity index (χ0v) is 8.62. The summed E-state index contributed by atoms with van der Waals surface area (Å²) in [6.45, 7) is 0. The zero-order chi connectivity index (χ0) is 8.72. The van der Waals surface area contributed by atoms with E-state index in [0.29, 0.717) is 10.2 Å². The summed E-state index contributed by atoms with van der Waals surface area (Å²) in [5.74, 6) is -1.06. The number of benzene rings is 1. The van der Waals surface area contributed by atoms with Gasteiger partial charge in [0.1, 0.15) is 5.82 Å². The van der Waals surface area contributed by atoms with E-state index in [1.54, 1.807) is 22.6 Å². The molecule has 1 nitrogen and oxygen atoms in total. The van der Waals surface area contributed by atoms with Gasteiger partial charge in [0, 0.05) is 6.07 Å². The number of thiazole rings is 1. The van der Waals surface area contributed by atoms with Crippen LogP contribution in [0.15, 0.2) is 11.6 Å². The predicted octanol–water partition coefficient (Wildman–Crippen LogP) is 3.18. The van der Waals surface area contributed by atoms with Crippen LogP contribution in [0.5, 0.6) is 0 Å². The highest BCUT2D eigenvalue weighted by molar-refractivity contribution is 14.1. The number of aromatic nitrogens is 1. The topological polar surface area (TPSA) is 12.9 Å². The fraction of sp³-hybridized carbons (Fsp3) is 0. The van der Waals surface area contributed by atoms with Crippen LogP contribution in [-0.4, -0.2) is 4.98 Å². The minimum Gasteiger partial charge on any atom is -0.244 e. The molecule has 2 aromatic rings. The first-order chi connectivity index (χ1) is 5.70. The maximum atomic E-state index is 13.2. The van der Waals surface area contributed by atoms with E-state index in [1.807, 2.05) is 0 Å². The molecule has 0 spiro atoms. The standard InChI is InChI=1S/C7H2F2INS/c8-3-1-4-7(12-2-11-4)5(9)6(3)10/h1-2H. The van der Waals surface area contributed by atoms with Gasteiger partial charge in [-0.15, -0.1) is 11.3 Å². The van der Waals surface area contributed by atoms with Gasteiger partial charge in [0.15, 0.2) is 5.82 Å². The van der Waals surface area contributed by atoms with Crippen molar-refractivity contribution in [3.05, 3.63) is 26.8 Å². The van der Waals surface area contributed by atoms with E-state index in [2.05, 4.69) is 4.98 Å². The number of hydrogen-bond donors (Lipinski definition) is 0. The maximum absolute atomic E-state index is 13.2. The van der Waals surface area contributed by atoms with Gasteiger partial charge in [-0.2, -0.15) is 0 Å². The molecule has 0 amide bonds. The van der Waals surface area contributed by atoms with Crippen LogP contribution in [0.3, 0.4) is 0 Å². The predicted molar refractivity (Wildman–Crippen MR) is 52.3 cm³/mol. The van der Waals surface area contributed by atoms with Crippen LogP contribution in [0.2, 0.25) is 0 Å². The highest BCUT2D eigenvalue weighted by atomic mass is 127. The fourth-order valence-electron chi connectivity index (χ4n) is 0.910. The minimum absolute atomic E-state index is 0.0318. The Bertz CT molecular complexity index is 440. The summed E-state index contributed by atoms with van der Waals surface area (Å²) in [5.41, 5.74) is 1.89. The van der Waals surface area contributed by atoms with Gasteiger partial charge in [-0.25, -0.2) is 13.8 Å². The Balaban J connectivity index is 2.94. The van der Waals surface area contributed by atoms with Crippen molar-refractivity contribution in [1.29, 1.82) is 0 Å². The quantitative estimate of drug-likeness (QED) is 0.537. The zero-order valence-electron chi connectivity index (χ0n) is 5.64. The molecule has 1 aromatic heterocycles. The molecule has 0 atom stereocenters. The Morgan fingerprint density at radius 2 is 2.17 bits per heavy atom. The molecule has 1 aromatic carbocycles. The number of rotatable bonds is 0. The summed E-state index contributed by atoms with van der Waals surface area (Å²) in [6.07, 6.45) is 0. The molecule has 0 aliphatic rings. The molecule has 5 heteroatoms. The average Bonchev–Trinajstić information content (AvgIpc) is 2.48. The average molecular weight is 297 g/mol. The van der Waals surface area contributed by atoms with Crippen LogP contribution in [0.4, 0.5) is 8.78 Å². The third-order valence-electron chi connectivity index (χ3n) is 1.46. The van der Waals surface area contributed by atoms with Crippen molar-refractivity contribution >= 4 is 44.1 Å². The van der Waals surface area contributed by atoms with E-state index in [9.17, 15) is 8.78 Å². The Hall–Kier alpha value is -0.300. The van der Waals surface area contributed by atoms with E-state index in [4.69, 9.17) is 0 Å². The molecule has 1 heterocycles. The molecule has 0 unspecified atom stereocenters. The van der Waals surface area contributed by atoms with Crippen molar-refractivity contribution in [2.75, 3.05) is 0 Å². The number of fused-ring (bicyclic) bond motifs is 1. The Kier molecular flexibility index (Phi) is 1.99. The first-order valence-corrected chi connectivity index (χ1v) is 5.02. The first-order valence-electron chi connectivity index (χ1n) is 3.07. The van der Waals surface area contributed by atoms with Crippen molar-refractivity contribution < 1.29 is 8.78 Å². The van der Waals surface area contributed by atoms with E-state index < -0.39 is 11.6 Å². The van der Waals surface area contributed by atoms with E-state index in [0.717, 1.165) is 0 Å². The molecule has 12 heavy (non-hydrogen) atoms. The van der Waals surface area contributed by atoms with Gasteiger partial charge < -0.3 is 0 Å². The normalized spacial score (nSPS) is 10.9. The van der Waals surface area contributed by atoms with E-state index >= 15 is 0 Å². The third-order valence-corrected chi connectivity index (χ3v) is 3.28. The fourth-order valence-corrected chi connectivity index (χ4v) is 2.23. The molecule has 0 radical (unpaired) electrons. The lowest BCUT2D eigenvalue weighted by atomic mass is 10.3. The second-order valence-electron chi connectivity index (χ2n) is 2.19. The lowest BCUT2D eigenvalue weighted by molar-refractivity contribution is 0.580. The molecular weight excluding hydrogens is 295 g/mol. The second-order valence-corrected chi connectivity index (χ2v) is 4.12. The van der Waals surface area contributed by atoms with Crippen LogP contribution in [0.1, 0.15) is 0 Å². The second kappa shape index (κ2) is 2.88. The lowest BCUT2D eigenvalue weighted by Crippen LogP contribution is -1.87. The SMILES string of the molecule is Fc1cc2ncsc2c(F)c1I. The van der Waals surface area contributed by atoms with Gasteiger partial charge in [0.2, 0.25) is 0 Å². The molecule has 0 aliphatic carbocycles. The van der Waals surface area contributed by atoms with Crippen molar-refractivity contribution in [3.8, 4) is 0 Å². The van der Waals surface area contributed by atoms with Crippen LogP contribution in [0.25, 0.3) is 10.2 Å². The summed E-state index contributed by atoms with van der Waals surface area (Å²) < 4.78 is 26.6. The monoisotopic (exact) mass is 297 g/mol. The summed E-state index contributed by atoms with van der Waals surface area (Å²) in [4.78, 5) is 3.82. The Morgan fingerprint density at radius 3 is 2.92 bits per heavy atom. The highest BCUT2D eigenvalue weighted by Gasteiger charge is 2.12. The van der Waals surface area contributed by atoms with Crippen LogP contribution in [0, 0.1) is 15.2 Å². The van der Waals surface area contributed by atoms with Gasteiger partial charge in [-0.05, 0) is 22.6 Å².